The van der Waals surface area contributed by atoms with Crippen LogP contribution in [0, 0.1) is 11.8 Å². The molecule has 5 atom stereocenters. The first-order valence-electron chi connectivity index (χ1n) is 13.7. The third kappa shape index (κ3) is 8.16. The molecule has 4 rings (SSSR count). The molecule has 2 aliphatic heterocycles. The maximum atomic E-state index is 13.9. The Hall–Kier alpha value is -3.69. The Morgan fingerprint density at radius 3 is 2.23 bits per heavy atom. The second-order valence-electron chi connectivity index (χ2n) is 11.1. The molecular weight excluding hydrogens is 508 g/mol. The van der Waals surface area contributed by atoms with Crippen molar-refractivity contribution in [1.29, 1.82) is 0 Å². The zero-order valence-electron chi connectivity index (χ0n) is 24.1. The lowest BCUT2D eigenvalue weighted by atomic mass is 9.95. The molecular formula is C31H42N4O5. The quantitative estimate of drug-likeness (QED) is 0.401. The number of hydrogen-bond acceptors (Lipinski definition) is 6. The van der Waals surface area contributed by atoms with Crippen LogP contribution in [0.4, 0.5) is 0 Å². The third-order valence-corrected chi connectivity index (χ3v) is 7.02. The van der Waals surface area contributed by atoms with E-state index in [0.29, 0.717) is 12.2 Å². The highest BCUT2D eigenvalue weighted by Crippen LogP contribution is 2.21. The van der Waals surface area contributed by atoms with Gasteiger partial charge in [0.05, 0.1) is 12.1 Å². The number of rotatable bonds is 8. The average Bonchev–Trinajstić information content (AvgIpc) is 2.92. The monoisotopic (exact) mass is 550 g/mol. The number of fused-ring (bicyclic) bond motifs is 10. The third-order valence-electron chi connectivity index (χ3n) is 7.02. The topological polar surface area (TPSA) is 120 Å². The first kappa shape index (κ1) is 30.8. The Kier molecular flexibility index (Phi) is 10.9. The Morgan fingerprint density at radius 1 is 1.00 bits per heavy atom. The van der Waals surface area contributed by atoms with Crippen LogP contribution < -0.4 is 20.7 Å². The van der Waals surface area contributed by atoms with E-state index in [0.717, 1.165) is 11.1 Å². The second kappa shape index (κ2) is 14.1. The molecule has 2 bridgehead atoms. The number of aliphatic hydroxyl groups excluding tert-OH is 1. The molecule has 2 aromatic rings. The minimum Gasteiger partial charge on any atom is -0.487 e. The number of carbonyl (C=O) groups excluding carboxylic acids is 3. The number of nitrogens with zero attached hydrogens (tertiary/aromatic N) is 1. The van der Waals surface area contributed by atoms with E-state index < -0.39 is 42.1 Å². The first-order valence-corrected chi connectivity index (χ1v) is 13.7. The van der Waals surface area contributed by atoms with E-state index in [1.807, 2.05) is 70.4 Å². The maximum Gasteiger partial charge on any atom is 0.249 e. The van der Waals surface area contributed by atoms with E-state index in [-0.39, 0.29) is 17.7 Å². The molecule has 0 spiro atoms. The minimum absolute atomic E-state index is 0.197. The predicted molar refractivity (Wildman–Crippen MR) is 155 cm³/mol. The van der Waals surface area contributed by atoms with Crippen LogP contribution in [0.3, 0.4) is 0 Å². The van der Waals surface area contributed by atoms with Gasteiger partial charge in [0.15, 0.2) is 0 Å². The summed E-state index contributed by atoms with van der Waals surface area (Å²) in [5, 5.41) is 19.2. The van der Waals surface area contributed by atoms with Gasteiger partial charge >= 0.3 is 0 Å². The Morgan fingerprint density at radius 2 is 1.65 bits per heavy atom. The fourth-order valence-electron chi connectivity index (χ4n) is 4.54. The molecule has 0 fully saturated rings. The van der Waals surface area contributed by atoms with Gasteiger partial charge in [0.2, 0.25) is 17.7 Å². The summed E-state index contributed by atoms with van der Waals surface area (Å²) in [6.07, 6.45) is 1.69. The van der Waals surface area contributed by atoms with Crippen molar-refractivity contribution in [2.45, 2.75) is 64.4 Å². The van der Waals surface area contributed by atoms with Crippen LogP contribution in [-0.4, -0.2) is 72.2 Å². The van der Waals surface area contributed by atoms with Gasteiger partial charge in [-0.3, -0.25) is 19.3 Å². The fraction of sp³-hybridized carbons (Fsp3) is 0.452. The summed E-state index contributed by atoms with van der Waals surface area (Å²) in [7, 11) is 3.62. The van der Waals surface area contributed by atoms with Crippen LogP contribution >= 0.6 is 0 Å². The number of hydrogen-bond donors (Lipinski definition) is 4. The van der Waals surface area contributed by atoms with Gasteiger partial charge in [-0.2, -0.15) is 0 Å². The summed E-state index contributed by atoms with van der Waals surface area (Å²) < 4.78 is 6.31. The van der Waals surface area contributed by atoms with Crippen LogP contribution in [-0.2, 0) is 20.8 Å². The van der Waals surface area contributed by atoms with Crippen molar-refractivity contribution >= 4 is 23.8 Å². The summed E-state index contributed by atoms with van der Waals surface area (Å²) in [5.74, 6) is -1.52. The molecule has 0 saturated heterocycles. The molecule has 2 heterocycles. The van der Waals surface area contributed by atoms with E-state index in [4.69, 9.17) is 4.74 Å². The molecule has 9 nitrogen and oxygen atoms in total. The number of likely N-dealkylation sites (N-methyl/N-ethyl adjacent to an activating group) is 1. The van der Waals surface area contributed by atoms with Crippen molar-refractivity contribution in [3.8, 4) is 5.75 Å². The van der Waals surface area contributed by atoms with Crippen molar-refractivity contribution < 1.29 is 24.2 Å². The number of carbonyl (C=O) groups is 3. The van der Waals surface area contributed by atoms with Gasteiger partial charge in [-0.15, -0.1) is 0 Å². The standard InChI is InChI=1S/C31H42N4O5/c1-19(2)27(36)25-30(38)32-17-16-21-12-14-23(15-13-21)40-28(20(3)4)26(31(39)33-25)34-29(37)24(35(5)6)18-22-10-8-7-9-11-22/h7-17,19-20,24-28,36H,18H2,1-6H3,(H,32,38)(H,33,39)(H,34,37). The van der Waals surface area contributed by atoms with E-state index >= 15 is 0 Å². The van der Waals surface area contributed by atoms with Crippen molar-refractivity contribution in [3.05, 3.63) is 71.9 Å². The predicted octanol–water partition coefficient (Wildman–Crippen LogP) is 2.35. The second-order valence-corrected chi connectivity index (χ2v) is 11.1. The molecule has 4 N–H and O–H groups in total. The van der Waals surface area contributed by atoms with E-state index in [2.05, 4.69) is 16.0 Å². The number of benzene rings is 2. The molecule has 0 saturated carbocycles. The summed E-state index contributed by atoms with van der Waals surface area (Å²) in [6.45, 7) is 7.32. The van der Waals surface area contributed by atoms with Gasteiger partial charge in [-0.25, -0.2) is 0 Å². The maximum absolute atomic E-state index is 13.9. The molecule has 9 heteroatoms. The zero-order valence-corrected chi connectivity index (χ0v) is 24.1. The minimum atomic E-state index is -1.25. The van der Waals surface area contributed by atoms with Crippen LogP contribution in [0.2, 0.25) is 0 Å². The summed E-state index contributed by atoms with van der Waals surface area (Å²) in [4.78, 5) is 42.5. The van der Waals surface area contributed by atoms with Gasteiger partial charge in [0.1, 0.15) is 23.9 Å². The highest BCUT2D eigenvalue weighted by molar-refractivity contribution is 5.94. The number of nitrogens with one attached hydrogen (secondary N) is 3. The van der Waals surface area contributed by atoms with Gasteiger partial charge in [0.25, 0.3) is 0 Å². The number of aliphatic hydroxyl groups is 1. The Balaban J connectivity index is 2.01. The molecule has 2 aromatic carbocycles. The van der Waals surface area contributed by atoms with Gasteiger partial charge in [0, 0.05) is 6.20 Å². The molecule has 0 aromatic heterocycles. The molecule has 40 heavy (non-hydrogen) atoms. The lowest BCUT2D eigenvalue weighted by molar-refractivity contribution is -0.137. The molecule has 0 aliphatic carbocycles. The van der Waals surface area contributed by atoms with Gasteiger partial charge in [-0.1, -0.05) is 70.2 Å². The SMILES string of the molecule is CC(C)C(O)C1NC(=O)C(NC(=O)C(Cc2ccccc2)N(C)C)C(C(C)C)Oc2ccc(cc2)C=CNC1=O. The summed E-state index contributed by atoms with van der Waals surface area (Å²) in [5.41, 5.74) is 1.81. The van der Waals surface area contributed by atoms with E-state index in [1.54, 1.807) is 37.0 Å². The molecule has 2 aliphatic rings. The van der Waals surface area contributed by atoms with E-state index in [9.17, 15) is 19.5 Å². The van der Waals surface area contributed by atoms with E-state index in [1.165, 1.54) is 6.20 Å². The van der Waals surface area contributed by atoms with Crippen LogP contribution in [0.5, 0.6) is 5.75 Å². The number of amides is 3. The van der Waals surface area contributed by atoms with Gasteiger partial charge < -0.3 is 25.8 Å². The lowest BCUT2D eigenvalue weighted by Crippen LogP contribution is -2.63. The van der Waals surface area contributed by atoms with Crippen LogP contribution in [0.1, 0.15) is 38.8 Å². The average molecular weight is 551 g/mol. The molecule has 3 amide bonds. The van der Waals surface area contributed by atoms with Crippen LogP contribution in [0.25, 0.3) is 6.08 Å². The van der Waals surface area contributed by atoms with Crippen LogP contribution in [0.15, 0.2) is 60.8 Å². The molecule has 5 unspecified atom stereocenters. The van der Waals surface area contributed by atoms with Gasteiger partial charge in [-0.05, 0) is 61.7 Å². The first-order chi connectivity index (χ1) is 19.0. The summed E-state index contributed by atoms with van der Waals surface area (Å²) in [6, 6.07) is 13.9. The molecule has 0 radical (unpaired) electrons. The Bertz CT molecular complexity index is 1160. The number of ether oxygens (including phenoxy) is 1. The van der Waals surface area contributed by atoms with Crippen molar-refractivity contribution in [2.75, 3.05) is 14.1 Å². The van der Waals surface area contributed by atoms with Crippen molar-refractivity contribution in [1.82, 2.24) is 20.9 Å². The van der Waals surface area contributed by atoms with Crippen molar-refractivity contribution in [2.24, 2.45) is 11.8 Å². The highest BCUT2D eigenvalue weighted by Gasteiger charge is 2.39. The largest absolute Gasteiger partial charge is 0.487 e. The fourth-order valence-corrected chi connectivity index (χ4v) is 4.54. The zero-order chi connectivity index (χ0) is 29.4. The lowest BCUT2D eigenvalue weighted by Gasteiger charge is -2.34. The highest BCUT2D eigenvalue weighted by atomic mass is 16.5. The molecule has 216 valence electrons. The van der Waals surface area contributed by atoms with Crippen molar-refractivity contribution in [3.63, 3.8) is 0 Å². The smallest absolute Gasteiger partial charge is 0.249 e. The summed E-state index contributed by atoms with van der Waals surface area (Å²) >= 11 is 0. The Labute approximate surface area is 237 Å². The normalized spacial score (nSPS) is 21.4.